The van der Waals surface area contributed by atoms with Crippen LogP contribution in [0.1, 0.15) is 21.7 Å². The van der Waals surface area contributed by atoms with Crippen LogP contribution in [0.3, 0.4) is 0 Å². The van der Waals surface area contributed by atoms with Crippen LogP contribution in [0.4, 0.5) is 0 Å². The van der Waals surface area contributed by atoms with Crippen molar-refractivity contribution in [3.8, 4) is 16.9 Å². The van der Waals surface area contributed by atoms with Crippen LogP contribution in [-0.2, 0) is 16.1 Å². The lowest BCUT2D eigenvalue weighted by Gasteiger charge is -2.17. The zero-order chi connectivity index (χ0) is 25.2. The molecule has 35 heavy (non-hydrogen) atoms. The molecule has 0 bridgehead atoms. The van der Waals surface area contributed by atoms with E-state index in [1.54, 1.807) is 48.5 Å². The molecule has 3 rings (SSSR count). The van der Waals surface area contributed by atoms with Crippen LogP contribution < -0.4 is 15.4 Å². The molecule has 0 aliphatic carbocycles. The summed E-state index contributed by atoms with van der Waals surface area (Å²) in [7, 11) is 0. The lowest BCUT2D eigenvalue weighted by molar-refractivity contribution is -0.132. The van der Waals surface area contributed by atoms with E-state index in [0.29, 0.717) is 11.4 Å². The third-order valence-electron chi connectivity index (χ3n) is 5.10. The summed E-state index contributed by atoms with van der Waals surface area (Å²) in [6.45, 7) is 1.14. The number of hydrogen-bond acceptors (Lipinski definition) is 7. The summed E-state index contributed by atoms with van der Waals surface area (Å²) in [6.07, 6.45) is 0. The Morgan fingerprint density at radius 3 is 2.20 bits per heavy atom. The summed E-state index contributed by atoms with van der Waals surface area (Å²) in [5, 5.41) is 23.1. The second-order valence-corrected chi connectivity index (χ2v) is 7.69. The molecular formula is C26H27N3O6. The molecule has 3 aromatic rings. The number of carbonyl (C=O) groups excluding carboxylic acids is 3. The number of rotatable bonds is 11. The molecular weight excluding hydrogens is 450 g/mol. The molecule has 9 nitrogen and oxygen atoms in total. The molecule has 1 heterocycles. The normalized spacial score (nSPS) is 11.4. The molecule has 0 radical (unpaired) electrons. The van der Waals surface area contributed by atoms with Crippen molar-refractivity contribution in [1.29, 1.82) is 0 Å². The van der Waals surface area contributed by atoms with Crippen molar-refractivity contribution < 1.29 is 29.3 Å². The zero-order valence-electron chi connectivity index (χ0n) is 19.2. The highest BCUT2D eigenvalue weighted by Gasteiger charge is 2.28. The SMILES string of the molecule is Cc1cccc(CNC(=O)C(NC(=O)c2ccc(-c3ccc(OCCO)cc3)cc2)C(=O)CO)n1. The Balaban J connectivity index is 1.64. The maximum Gasteiger partial charge on any atom is 0.252 e. The Bertz CT molecular complexity index is 1160. The van der Waals surface area contributed by atoms with Gasteiger partial charge in [-0.15, -0.1) is 0 Å². The number of hydrogen-bond donors (Lipinski definition) is 4. The van der Waals surface area contributed by atoms with Crippen LogP contribution in [0, 0.1) is 6.92 Å². The molecule has 9 heteroatoms. The van der Waals surface area contributed by atoms with Crippen molar-refractivity contribution in [2.45, 2.75) is 19.5 Å². The number of nitrogens with one attached hydrogen (secondary N) is 2. The summed E-state index contributed by atoms with van der Waals surface area (Å²) in [6, 6.07) is 17.7. The molecule has 0 spiro atoms. The highest BCUT2D eigenvalue weighted by Crippen LogP contribution is 2.23. The summed E-state index contributed by atoms with van der Waals surface area (Å²) in [5.41, 5.74) is 3.37. The summed E-state index contributed by atoms with van der Waals surface area (Å²) in [5.74, 6) is -1.55. The molecule has 1 atom stereocenters. The van der Waals surface area contributed by atoms with E-state index >= 15 is 0 Å². The first-order valence-corrected chi connectivity index (χ1v) is 11.0. The molecule has 1 unspecified atom stereocenters. The van der Waals surface area contributed by atoms with Gasteiger partial charge < -0.3 is 25.6 Å². The van der Waals surface area contributed by atoms with Crippen LogP contribution in [0.5, 0.6) is 5.75 Å². The van der Waals surface area contributed by atoms with Crippen LogP contribution in [0.15, 0.2) is 66.7 Å². The largest absolute Gasteiger partial charge is 0.491 e. The van der Waals surface area contributed by atoms with Crippen molar-refractivity contribution in [3.05, 3.63) is 83.7 Å². The minimum atomic E-state index is -1.54. The number of nitrogens with zero attached hydrogens (tertiary/aromatic N) is 1. The van der Waals surface area contributed by atoms with Gasteiger partial charge in [-0.3, -0.25) is 19.4 Å². The molecule has 0 aliphatic heterocycles. The van der Waals surface area contributed by atoms with Crippen LogP contribution in [0.2, 0.25) is 0 Å². The highest BCUT2D eigenvalue weighted by molar-refractivity contribution is 6.10. The van der Waals surface area contributed by atoms with Crippen molar-refractivity contribution in [1.82, 2.24) is 15.6 Å². The molecule has 2 amide bonds. The van der Waals surface area contributed by atoms with Gasteiger partial charge in [0.05, 0.1) is 18.8 Å². The molecule has 1 aromatic heterocycles. The first kappa shape index (κ1) is 25.5. The van der Waals surface area contributed by atoms with E-state index in [0.717, 1.165) is 16.8 Å². The molecule has 0 saturated heterocycles. The van der Waals surface area contributed by atoms with Crippen LogP contribution >= 0.6 is 0 Å². The van der Waals surface area contributed by atoms with E-state index in [1.807, 2.05) is 25.1 Å². The third-order valence-corrected chi connectivity index (χ3v) is 5.10. The Kier molecular flexibility index (Phi) is 9.05. The second kappa shape index (κ2) is 12.4. The maximum atomic E-state index is 12.7. The molecule has 0 saturated carbocycles. The van der Waals surface area contributed by atoms with E-state index in [9.17, 15) is 19.5 Å². The number of pyridine rings is 1. The van der Waals surface area contributed by atoms with E-state index < -0.39 is 30.2 Å². The number of Topliss-reactive ketones (excluding diaryl/α,β-unsaturated/α-hetero) is 1. The minimum Gasteiger partial charge on any atom is -0.491 e. The lowest BCUT2D eigenvalue weighted by atomic mass is 10.0. The number of ether oxygens (including phenoxy) is 1. The van der Waals surface area contributed by atoms with E-state index in [1.165, 1.54) is 0 Å². The highest BCUT2D eigenvalue weighted by atomic mass is 16.5. The maximum absolute atomic E-state index is 12.7. The van der Waals surface area contributed by atoms with Gasteiger partial charge in [0.25, 0.3) is 11.8 Å². The second-order valence-electron chi connectivity index (χ2n) is 7.69. The van der Waals surface area contributed by atoms with Gasteiger partial charge in [0, 0.05) is 11.3 Å². The first-order chi connectivity index (χ1) is 16.9. The fourth-order valence-corrected chi connectivity index (χ4v) is 3.30. The molecule has 182 valence electrons. The topological polar surface area (TPSA) is 138 Å². The Morgan fingerprint density at radius 1 is 0.943 bits per heavy atom. The quantitative estimate of drug-likeness (QED) is 0.306. The summed E-state index contributed by atoms with van der Waals surface area (Å²) in [4.78, 5) is 41.7. The number of aliphatic hydroxyl groups is 2. The zero-order valence-corrected chi connectivity index (χ0v) is 19.2. The number of aromatic nitrogens is 1. The number of ketones is 1. The van der Waals surface area contributed by atoms with Gasteiger partial charge in [0.15, 0.2) is 11.8 Å². The minimum absolute atomic E-state index is 0.0678. The monoisotopic (exact) mass is 477 g/mol. The number of aliphatic hydroxyl groups excluding tert-OH is 2. The summed E-state index contributed by atoms with van der Waals surface area (Å²) >= 11 is 0. The van der Waals surface area contributed by atoms with Gasteiger partial charge in [0.1, 0.15) is 19.0 Å². The van der Waals surface area contributed by atoms with Crippen molar-refractivity contribution >= 4 is 17.6 Å². The van der Waals surface area contributed by atoms with Crippen LogP contribution in [0.25, 0.3) is 11.1 Å². The fourth-order valence-electron chi connectivity index (χ4n) is 3.30. The van der Waals surface area contributed by atoms with Gasteiger partial charge in [-0.2, -0.15) is 0 Å². The fraction of sp³-hybridized carbons (Fsp3) is 0.231. The molecule has 2 aromatic carbocycles. The Morgan fingerprint density at radius 2 is 1.60 bits per heavy atom. The first-order valence-electron chi connectivity index (χ1n) is 11.0. The average molecular weight is 478 g/mol. The molecule has 0 fully saturated rings. The van der Waals surface area contributed by atoms with E-state index in [4.69, 9.17) is 9.84 Å². The van der Waals surface area contributed by atoms with Crippen LogP contribution in [-0.4, -0.2) is 58.7 Å². The van der Waals surface area contributed by atoms with Gasteiger partial charge in [-0.1, -0.05) is 30.3 Å². The smallest absolute Gasteiger partial charge is 0.252 e. The molecule has 0 aliphatic rings. The van der Waals surface area contributed by atoms with E-state index in [-0.39, 0.29) is 25.3 Å². The van der Waals surface area contributed by atoms with Gasteiger partial charge in [0.2, 0.25) is 0 Å². The number of aryl methyl sites for hydroxylation is 1. The number of amides is 2. The van der Waals surface area contributed by atoms with Crippen molar-refractivity contribution in [2.75, 3.05) is 19.8 Å². The third kappa shape index (κ3) is 7.20. The average Bonchev–Trinajstić information content (AvgIpc) is 2.89. The molecule has 4 N–H and O–H groups in total. The Labute approximate surface area is 202 Å². The predicted molar refractivity (Wildman–Crippen MR) is 129 cm³/mol. The van der Waals surface area contributed by atoms with E-state index in [2.05, 4.69) is 15.6 Å². The number of benzene rings is 2. The lowest BCUT2D eigenvalue weighted by Crippen LogP contribution is -2.52. The van der Waals surface area contributed by atoms with Gasteiger partial charge in [-0.25, -0.2) is 0 Å². The summed E-state index contributed by atoms with van der Waals surface area (Å²) < 4.78 is 5.34. The van der Waals surface area contributed by atoms with Crippen molar-refractivity contribution in [2.24, 2.45) is 0 Å². The standard InChI is InChI=1S/C26H27N3O6/c1-17-3-2-4-21(28-17)15-27-26(34)24(23(32)16-31)29-25(33)20-7-5-18(6-8-20)19-9-11-22(12-10-19)35-14-13-30/h2-12,24,30-31H,13-16H2,1H3,(H,27,34)(H,29,33). The Hall–Kier alpha value is -4.08. The van der Waals surface area contributed by atoms with Gasteiger partial charge >= 0.3 is 0 Å². The van der Waals surface area contributed by atoms with Crippen molar-refractivity contribution in [3.63, 3.8) is 0 Å². The number of carbonyl (C=O) groups is 3. The predicted octanol–water partition coefficient (Wildman–Crippen LogP) is 1.40. The van der Waals surface area contributed by atoms with Gasteiger partial charge in [-0.05, 0) is 54.4 Å².